The zero-order valence-electron chi connectivity index (χ0n) is 15.9. The lowest BCUT2D eigenvalue weighted by Gasteiger charge is -2.50. The van der Waals surface area contributed by atoms with E-state index in [-0.39, 0.29) is 17.4 Å². The molecule has 0 aliphatic carbocycles. The van der Waals surface area contributed by atoms with Gasteiger partial charge in [-0.3, -0.25) is 9.69 Å². The molecule has 2 unspecified atom stereocenters. The number of likely N-dealkylation sites (tertiary alicyclic amines) is 1. The van der Waals surface area contributed by atoms with Gasteiger partial charge in [0, 0.05) is 37.6 Å². The molecule has 0 radical (unpaired) electrons. The number of halogens is 1. The van der Waals surface area contributed by atoms with Gasteiger partial charge in [-0.2, -0.15) is 0 Å². The summed E-state index contributed by atoms with van der Waals surface area (Å²) in [5.41, 5.74) is 1.84. The Morgan fingerprint density at radius 3 is 2.69 bits per heavy atom. The molecule has 2 atom stereocenters. The molecule has 0 aromatic carbocycles. The van der Waals surface area contributed by atoms with Crippen LogP contribution in [0.15, 0.2) is 40.7 Å². The lowest BCUT2D eigenvalue weighted by atomic mass is 9.89. The van der Waals surface area contributed by atoms with Crippen LogP contribution in [0.25, 0.3) is 10.9 Å². The SMILES string of the molecule is C/C(F)=C\C=C(/C)C1CCN1C(C)(O)c1cn(C)c2c(C)c[nH]c(=O)c12. The van der Waals surface area contributed by atoms with Gasteiger partial charge < -0.3 is 14.7 Å². The van der Waals surface area contributed by atoms with Crippen molar-refractivity contribution in [3.05, 3.63) is 57.4 Å². The molecule has 5 nitrogen and oxygen atoms in total. The maximum Gasteiger partial charge on any atom is 0.257 e. The highest BCUT2D eigenvalue weighted by Crippen LogP contribution is 2.39. The van der Waals surface area contributed by atoms with Crippen LogP contribution in [-0.4, -0.2) is 32.1 Å². The van der Waals surface area contributed by atoms with E-state index in [2.05, 4.69) is 4.98 Å². The first-order valence-electron chi connectivity index (χ1n) is 8.82. The van der Waals surface area contributed by atoms with Crippen LogP contribution in [-0.2, 0) is 12.8 Å². The number of rotatable bonds is 4. The Morgan fingerprint density at radius 2 is 2.12 bits per heavy atom. The van der Waals surface area contributed by atoms with Gasteiger partial charge in [-0.05, 0) is 45.8 Å². The Kier molecular flexibility index (Phi) is 4.67. The van der Waals surface area contributed by atoms with Gasteiger partial charge in [0.15, 0.2) is 0 Å². The summed E-state index contributed by atoms with van der Waals surface area (Å²) in [5.74, 6) is -0.252. The normalized spacial score (nSPS) is 21.7. The zero-order chi connectivity index (χ0) is 19.2. The van der Waals surface area contributed by atoms with Crippen molar-refractivity contribution < 1.29 is 9.50 Å². The van der Waals surface area contributed by atoms with Crippen LogP contribution in [0, 0.1) is 6.92 Å². The van der Waals surface area contributed by atoms with Gasteiger partial charge in [0.05, 0.1) is 16.7 Å². The topological polar surface area (TPSA) is 61.3 Å². The van der Waals surface area contributed by atoms with Crippen LogP contribution in [0.1, 0.15) is 38.3 Å². The Morgan fingerprint density at radius 1 is 1.42 bits per heavy atom. The van der Waals surface area contributed by atoms with Gasteiger partial charge in [0.25, 0.3) is 5.56 Å². The first kappa shape index (κ1) is 18.6. The quantitative estimate of drug-likeness (QED) is 0.824. The summed E-state index contributed by atoms with van der Waals surface area (Å²) < 4.78 is 14.9. The molecule has 1 aliphatic rings. The number of H-pyrrole nitrogens is 1. The lowest BCUT2D eigenvalue weighted by Crippen LogP contribution is -2.58. The summed E-state index contributed by atoms with van der Waals surface area (Å²) in [6.07, 6.45) is 7.59. The molecule has 0 bridgehead atoms. The van der Waals surface area contributed by atoms with Crippen LogP contribution in [0.5, 0.6) is 0 Å². The lowest BCUT2D eigenvalue weighted by molar-refractivity contribution is -0.151. The summed E-state index contributed by atoms with van der Waals surface area (Å²) in [6, 6.07) is 0.0137. The second-order valence-electron chi connectivity index (χ2n) is 7.36. The third-order valence-electron chi connectivity index (χ3n) is 5.39. The molecule has 26 heavy (non-hydrogen) atoms. The zero-order valence-corrected chi connectivity index (χ0v) is 15.9. The number of aryl methyl sites for hydroxylation is 2. The maximum atomic E-state index is 13.0. The van der Waals surface area contributed by atoms with Crippen molar-refractivity contribution in [2.24, 2.45) is 7.05 Å². The Bertz CT molecular complexity index is 961. The number of hydrogen-bond donors (Lipinski definition) is 2. The number of pyridine rings is 1. The van der Waals surface area contributed by atoms with Gasteiger partial charge >= 0.3 is 0 Å². The van der Waals surface area contributed by atoms with Gasteiger partial charge in [-0.25, -0.2) is 4.39 Å². The van der Waals surface area contributed by atoms with Gasteiger partial charge in [-0.15, -0.1) is 0 Å². The van der Waals surface area contributed by atoms with Gasteiger partial charge in [0.2, 0.25) is 0 Å². The molecule has 140 valence electrons. The molecule has 0 amide bonds. The molecule has 0 saturated carbocycles. The smallest absolute Gasteiger partial charge is 0.257 e. The number of aromatic nitrogens is 2. The molecule has 3 rings (SSSR count). The number of fused-ring (bicyclic) bond motifs is 1. The number of nitrogens with one attached hydrogen (secondary N) is 1. The van der Waals surface area contributed by atoms with E-state index in [4.69, 9.17) is 0 Å². The minimum atomic E-state index is -1.30. The highest BCUT2D eigenvalue weighted by molar-refractivity contribution is 5.86. The van der Waals surface area contributed by atoms with Gasteiger partial charge in [0.1, 0.15) is 5.72 Å². The van der Waals surface area contributed by atoms with Crippen LogP contribution < -0.4 is 5.56 Å². The highest BCUT2D eigenvalue weighted by Gasteiger charge is 2.44. The predicted octanol–water partition coefficient (Wildman–Crippen LogP) is 3.23. The van der Waals surface area contributed by atoms with Crippen molar-refractivity contribution in [3.8, 4) is 0 Å². The van der Waals surface area contributed by atoms with Gasteiger partial charge in [-0.1, -0.05) is 11.6 Å². The number of aliphatic hydroxyl groups is 1. The summed E-state index contributed by atoms with van der Waals surface area (Å²) in [7, 11) is 1.88. The Labute approximate surface area is 152 Å². The molecular weight excluding hydrogens is 333 g/mol. The standard InChI is InChI=1S/C20H26FN3O2/c1-12(6-7-14(3)21)16-8-9-24(16)20(4,26)15-11-23(5)18-13(2)10-22-19(25)17(15)18/h6-7,10-11,16,26H,8-9H2,1-5H3,(H,22,25)/b12-6+,14-7+. The van der Waals surface area contributed by atoms with Crippen molar-refractivity contribution in [1.82, 2.24) is 14.5 Å². The molecule has 1 saturated heterocycles. The van der Waals surface area contributed by atoms with E-state index in [1.165, 1.54) is 13.0 Å². The van der Waals surface area contributed by atoms with Crippen LogP contribution >= 0.6 is 0 Å². The van der Waals surface area contributed by atoms with Crippen LogP contribution in [0.2, 0.25) is 0 Å². The van der Waals surface area contributed by atoms with E-state index in [1.807, 2.05) is 36.6 Å². The van der Waals surface area contributed by atoms with E-state index in [0.717, 1.165) is 23.1 Å². The predicted molar refractivity (Wildman–Crippen MR) is 102 cm³/mol. The van der Waals surface area contributed by atoms with Crippen molar-refractivity contribution in [3.63, 3.8) is 0 Å². The fourth-order valence-corrected chi connectivity index (χ4v) is 3.90. The molecule has 2 aromatic rings. The minimum Gasteiger partial charge on any atom is -0.372 e. The average molecular weight is 359 g/mol. The summed E-state index contributed by atoms with van der Waals surface area (Å²) >= 11 is 0. The molecular formula is C20H26FN3O2. The van der Waals surface area contributed by atoms with E-state index in [0.29, 0.717) is 17.5 Å². The maximum absolute atomic E-state index is 13.0. The van der Waals surface area contributed by atoms with Crippen LogP contribution in [0.4, 0.5) is 4.39 Å². The number of nitrogens with zero attached hydrogens (tertiary/aromatic N) is 2. The third-order valence-corrected chi connectivity index (χ3v) is 5.39. The largest absolute Gasteiger partial charge is 0.372 e. The van der Waals surface area contributed by atoms with E-state index in [9.17, 15) is 14.3 Å². The average Bonchev–Trinajstić information content (AvgIpc) is 2.87. The molecule has 3 heterocycles. The fourth-order valence-electron chi connectivity index (χ4n) is 3.90. The summed E-state index contributed by atoms with van der Waals surface area (Å²) in [5, 5.41) is 11.9. The monoisotopic (exact) mass is 359 g/mol. The summed E-state index contributed by atoms with van der Waals surface area (Å²) in [6.45, 7) is 7.71. The summed E-state index contributed by atoms with van der Waals surface area (Å²) in [4.78, 5) is 17.2. The molecule has 2 N–H and O–H groups in total. The first-order chi connectivity index (χ1) is 12.1. The Balaban J connectivity index is 2.06. The van der Waals surface area contributed by atoms with Crippen molar-refractivity contribution >= 4 is 10.9 Å². The molecule has 2 aromatic heterocycles. The number of aromatic amines is 1. The minimum absolute atomic E-state index is 0.0137. The number of allylic oxidation sites excluding steroid dienone is 3. The molecule has 1 fully saturated rings. The second-order valence-corrected chi connectivity index (χ2v) is 7.36. The van der Waals surface area contributed by atoms with Crippen molar-refractivity contribution in [2.75, 3.05) is 6.54 Å². The van der Waals surface area contributed by atoms with E-state index >= 15 is 0 Å². The van der Waals surface area contributed by atoms with E-state index in [1.54, 1.807) is 19.2 Å². The first-order valence-corrected chi connectivity index (χ1v) is 8.82. The molecule has 6 heteroatoms. The molecule has 1 aliphatic heterocycles. The fraction of sp³-hybridized carbons (Fsp3) is 0.450. The number of hydrogen-bond acceptors (Lipinski definition) is 3. The second kappa shape index (κ2) is 6.52. The van der Waals surface area contributed by atoms with E-state index < -0.39 is 5.72 Å². The van der Waals surface area contributed by atoms with Crippen molar-refractivity contribution in [1.29, 1.82) is 0 Å². The van der Waals surface area contributed by atoms with Crippen molar-refractivity contribution in [2.45, 2.75) is 45.9 Å². The molecule has 0 spiro atoms. The highest BCUT2D eigenvalue weighted by atomic mass is 19.1. The Hall–Kier alpha value is -2.18. The van der Waals surface area contributed by atoms with Crippen LogP contribution in [0.3, 0.4) is 0 Å². The third kappa shape index (κ3) is 2.93.